The minimum atomic E-state index is -4.39. The van der Waals surface area contributed by atoms with Gasteiger partial charge in [-0.15, -0.1) is 5.10 Å². The first-order chi connectivity index (χ1) is 14.3. The number of hydrogen-bond acceptors (Lipinski definition) is 4. The summed E-state index contributed by atoms with van der Waals surface area (Å²) in [6.45, 7) is 4.10. The number of piperidine rings is 1. The van der Waals surface area contributed by atoms with Crippen molar-refractivity contribution >= 4 is 16.9 Å². The number of carbonyl (C=O) groups is 1. The average Bonchev–Trinajstić information content (AvgIpc) is 3.13. The molecular formula is C21H28F3N5O. The van der Waals surface area contributed by atoms with E-state index in [0.29, 0.717) is 18.0 Å². The Morgan fingerprint density at radius 3 is 2.60 bits per heavy atom. The Morgan fingerprint density at radius 1 is 1.17 bits per heavy atom. The lowest BCUT2D eigenvalue weighted by molar-refractivity contribution is -0.137. The molecule has 1 aliphatic carbocycles. The number of hydrogen-bond donors (Lipinski definition) is 1. The number of amides is 1. The highest BCUT2D eigenvalue weighted by Gasteiger charge is 2.32. The molecule has 6 nitrogen and oxygen atoms in total. The number of halogens is 3. The molecule has 2 heterocycles. The molecule has 1 aromatic carbocycles. The van der Waals surface area contributed by atoms with Gasteiger partial charge >= 0.3 is 6.18 Å². The van der Waals surface area contributed by atoms with Gasteiger partial charge in [-0.1, -0.05) is 25.0 Å². The Bertz CT molecular complexity index is 888. The fourth-order valence-electron chi connectivity index (χ4n) is 4.70. The van der Waals surface area contributed by atoms with Crippen molar-refractivity contribution in [3.8, 4) is 0 Å². The molecule has 0 unspecified atom stereocenters. The third-order valence-electron chi connectivity index (χ3n) is 6.53. The molecule has 2 aromatic rings. The van der Waals surface area contributed by atoms with E-state index in [4.69, 9.17) is 0 Å². The Balaban J connectivity index is 1.33. The normalized spacial score (nSPS) is 24.3. The molecule has 0 spiro atoms. The summed E-state index contributed by atoms with van der Waals surface area (Å²) in [6, 6.07) is 3.93. The third-order valence-corrected chi connectivity index (χ3v) is 6.53. The van der Waals surface area contributed by atoms with Crippen molar-refractivity contribution in [1.29, 1.82) is 0 Å². The van der Waals surface area contributed by atoms with Crippen LogP contribution in [-0.4, -0.2) is 51.5 Å². The molecule has 1 N–H and O–H groups in total. The van der Waals surface area contributed by atoms with Crippen LogP contribution in [0.1, 0.15) is 57.1 Å². The predicted molar refractivity (Wildman–Crippen MR) is 107 cm³/mol. The van der Waals surface area contributed by atoms with Crippen molar-refractivity contribution in [3.05, 3.63) is 23.8 Å². The number of likely N-dealkylation sites (tertiary alicyclic amines) is 1. The van der Waals surface area contributed by atoms with Crippen LogP contribution in [0.5, 0.6) is 0 Å². The van der Waals surface area contributed by atoms with Gasteiger partial charge in [0.05, 0.1) is 23.7 Å². The zero-order chi connectivity index (χ0) is 21.3. The molecule has 1 amide bonds. The van der Waals surface area contributed by atoms with E-state index in [1.165, 1.54) is 25.3 Å². The molecule has 30 heavy (non-hydrogen) atoms. The first kappa shape index (κ1) is 21.1. The van der Waals surface area contributed by atoms with Crippen LogP contribution in [0.4, 0.5) is 13.2 Å². The molecule has 2 atom stereocenters. The van der Waals surface area contributed by atoms with Gasteiger partial charge in [-0.3, -0.25) is 9.69 Å². The molecule has 1 aliphatic heterocycles. The van der Waals surface area contributed by atoms with Crippen LogP contribution in [0.15, 0.2) is 18.2 Å². The van der Waals surface area contributed by atoms with Crippen LogP contribution in [0, 0.1) is 5.92 Å². The van der Waals surface area contributed by atoms with E-state index in [1.807, 2.05) is 0 Å². The van der Waals surface area contributed by atoms with Crippen molar-refractivity contribution in [2.75, 3.05) is 19.6 Å². The third kappa shape index (κ3) is 4.61. The van der Waals surface area contributed by atoms with Gasteiger partial charge in [0.1, 0.15) is 5.52 Å². The predicted octanol–water partition coefficient (Wildman–Crippen LogP) is 3.78. The van der Waals surface area contributed by atoms with Crippen LogP contribution in [0.3, 0.4) is 0 Å². The summed E-state index contributed by atoms with van der Waals surface area (Å²) < 4.78 is 40.4. The Hall–Kier alpha value is -2.16. The summed E-state index contributed by atoms with van der Waals surface area (Å²) >= 11 is 0. The summed E-state index contributed by atoms with van der Waals surface area (Å²) in [6.07, 6.45) is 1.84. The molecule has 0 bridgehead atoms. The highest BCUT2D eigenvalue weighted by Crippen LogP contribution is 2.32. The van der Waals surface area contributed by atoms with Crippen LogP contribution in [-0.2, 0) is 11.0 Å². The highest BCUT2D eigenvalue weighted by molar-refractivity contribution is 5.78. The molecular weight excluding hydrogens is 395 g/mol. The Kier molecular flexibility index (Phi) is 5.99. The molecule has 2 aliphatic rings. The van der Waals surface area contributed by atoms with Gasteiger partial charge in [0, 0.05) is 19.1 Å². The minimum absolute atomic E-state index is 0.0735. The van der Waals surface area contributed by atoms with E-state index < -0.39 is 11.7 Å². The maximum atomic E-state index is 12.9. The van der Waals surface area contributed by atoms with Gasteiger partial charge in [0.25, 0.3) is 0 Å². The average molecular weight is 423 g/mol. The van der Waals surface area contributed by atoms with Crippen LogP contribution < -0.4 is 5.32 Å². The standard InChI is InChI=1S/C21H28F3N5O/c1-14-4-2-3-5-17(14)25-20(30)13-28-10-8-16(9-11-28)29-19-7-6-15(21(22,23)24)12-18(19)26-27-29/h6-7,12,14,16-17H,2-5,8-11,13H2,1H3,(H,25,30)/t14-,17-/m1/s1. The van der Waals surface area contributed by atoms with Crippen molar-refractivity contribution in [1.82, 2.24) is 25.2 Å². The van der Waals surface area contributed by atoms with E-state index in [2.05, 4.69) is 27.5 Å². The lowest BCUT2D eigenvalue weighted by Gasteiger charge is -2.33. The molecule has 1 saturated carbocycles. The number of nitrogens with zero attached hydrogens (tertiary/aromatic N) is 4. The van der Waals surface area contributed by atoms with Gasteiger partial charge in [-0.05, 0) is 49.8 Å². The van der Waals surface area contributed by atoms with E-state index >= 15 is 0 Å². The largest absolute Gasteiger partial charge is 0.416 e. The van der Waals surface area contributed by atoms with Crippen molar-refractivity contribution in [2.45, 2.75) is 63.7 Å². The Morgan fingerprint density at radius 2 is 1.90 bits per heavy atom. The van der Waals surface area contributed by atoms with E-state index in [-0.39, 0.29) is 23.5 Å². The molecule has 4 rings (SSSR count). The lowest BCUT2D eigenvalue weighted by atomic mass is 9.86. The van der Waals surface area contributed by atoms with Crippen LogP contribution in [0.25, 0.3) is 11.0 Å². The number of alkyl halides is 3. The maximum absolute atomic E-state index is 12.9. The number of benzene rings is 1. The number of nitrogens with one attached hydrogen (secondary N) is 1. The van der Waals surface area contributed by atoms with Crippen molar-refractivity contribution < 1.29 is 18.0 Å². The topological polar surface area (TPSA) is 63.1 Å². The number of aromatic nitrogens is 3. The quantitative estimate of drug-likeness (QED) is 0.813. The van der Waals surface area contributed by atoms with E-state index in [1.54, 1.807) is 4.68 Å². The zero-order valence-corrected chi connectivity index (χ0v) is 17.2. The van der Waals surface area contributed by atoms with Crippen molar-refractivity contribution in [3.63, 3.8) is 0 Å². The van der Waals surface area contributed by atoms with Gasteiger partial charge in [-0.2, -0.15) is 13.2 Å². The molecule has 1 saturated heterocycles. The first-order valence-electron chi connectivity index (χ1n) is 10.7. The number of rotatable bonds is 4. The summed E-state index contributed by atoms with van der Waals surface area (Å²) in [5.41, 5.74) is 0.161. The summed E-state index contributed by atoms with van der Waals surface area (Å²) in [5.74, 6) is 0.616. The summed E-state index contributed by atoms with van der Waals surface area (Å²) in [7, 11) is 0. The van der Waals surface area contributed by atoms with Gasteiger partial charge in [0.2, 0.25) is 5.91 Å². The maximum Gasteiger partial charge on any atom is 0.416 e. The molecule has 1 aromatic heterocycles. The van der Waals surface area contributed by atoms with Crippen LogP contribution in [0.2, 0.25) is 0 Å². The molecule has 164 valence electrons. The zero-order valence-electron chi connectivity index (χ0n) is 17.2. The van der Waals surface area contributed by atoms with Gasteiger partial charge < -0.3 is 5.32 Å². The molecule has 0 radical (unpaired) electrons. The van der Waals surface area contributed by atoms with E-state index in [9.17, 15) is 18.0 Å². The highest BCUT2D eigenvalue weighted by atomic mass is 19.4. The van der Waals surface area contributed by atoms with Crippen LogP contribution >= 0.6 is 0 Å². The molecule has 9 heteroatoms. The van der Waals surface area contributed by atoms with Gasteiger partial charge in [-0.25, -0.2) is 4.68 Å². The second-order valence-electron chi connectivity index (χ2n) is 8.68. The van der Waals surface area contributed by atoms with Crippen molar-refractivity contribution in [2.24, 2.45) is 5.92 Å². The number of carbonyl (C=O) groups excluding carboxylic acids is 1. The summed E-state index contributed by atoms with van der Waals surface area (Å²) in [5, 5.41) is 11.3. The van der Waals surface area contributed by atoms with Gasteiger partial charge in [0.15, 0.2) is 0 Å². The fourth-order valence-corrected chi connectivity index (χ4v) is 4.70. The second kappa shape index (κ2) is 8.53. The smallest absolute Gasteiger partial charge is 0.352 e. The second-order valence-corrected chi connectivity index (χ2v) is 8.68. The number of fused-ring (bicyclic) bond motifs is 1. The fraction of sp³-hybridized carbons (Fsp3) is 0.667. The lowest BCUT2D eigenvalue weighted by Crippen LogP contribution is -2.47. The van der Waals surface area contributed by atoms with E-state index in [0.717, 1.165) is 44.5 Å². The Labute approximate surface area is 173 Å². The SMILES string of the molecule is C[C@@H]1CCCC[C@H]1NC(=O)CN1CCC(n2nnc3cc(C(F)(F)F)ccc32)CC1. The monoisotopic (exact) mass is 423 g/mol. The summed E-state index contributed by atoms with van der Waals surface area (Å²) in [4.78, 5) is 14.6. The first-order valence-corrected chi connectivity index (χ1v) is 10.7. The molecule has 2 fully saturated rings. The minimum Gasteiger partial charge on any atom is -0.352 e.